The second-order valence-corrected chi connectivity index (χ2v) is 4.36. The molecular formula is C12H20N4O. The summed E-state index contributed by atoms with van der Waals surface area (Å²) >= 11 is 0. The minimum absolute atomic E-state index is 0.613. The van der Waals surface area contributed by atoms with Gasteiger partial charge in [-0.1, -0.05) is 0 Å². The van der Waals surface area contributed by atoms with Crippen molar-refractivity contribution in [2.24, 2.45) is 5.92 Å². The normalized spacial score (nSPS) is 20.2. The number of piperidine rings is 1. The van der Waals surface area contributed by atoms with Crippen LogP contribution in [0.2, 0.25) is 0 Å². The first-order valence-electron chi connectivity index (χ1n) is 6.15. The monoisotopic (exact) mass is 236 g/mol. The molecule has 0 unspecified atom stereocenters. The Morgan fingerprint density at radius 3 is 3.12 bits per heavy atom. The zero-order valence-electron chi connectivity index (χ0n) is 10.3. The molecule has 1 aromatic rings. The second kappa shape index (κ2) is 6.51. The van der Waals surface area contributed by atoms with Gasteiger partial charge in [0.2, 0.25) is 5.88 Å². The Balaban J connectivity index is 1.77. The fraction of sp³-hybridized carbons (Fsp3) is 0.667. The van der Waals surface area contributed by atoms with Crippen LogP contribution in [0.1, 0.15) is 18.5 Å². The predicted molar refractivity (Wildman–Crippen MR) is 65.9 cm³/mol. The SMILES string of the molecule is COc1nccnc1CNC[C@H]1CCCNC1. The minimum atomic E-state index is 0.613. The summed E-state index contributed by atoms with van der Waals surface area (Å²) in [5, 5.41) is 6.84. The molecule has 2 rings (SSSR count). The molecule has 1 aliphatic rings. The lowest BCUT2D eigenvalue weighted by Crippen LogP contribution is -2.36. The third-order valence-corrected chi connectivity index (χ3v) is 3.05. The number of nitrogens with one attached hydrogen (secondary N) is 2. The van der Waals surface area contributed by atoms with Crippen molar-refractivity contribution in [3.63, 3.8) is 0 Å². The van der Waals surface area contributed by atoms with Gasteiger partial charge in [0.1, 0.15) is 5.69 Å². The summed E-state index contributed by atoms with van der Waals surface area (Å²) in [6.45, 7) is 4.01. The number of aromatic nitrogens is 2. The molecule has 17 heavy (non-hydrogen) atoms. The van der Waals surface area contributed by atoms with E-state index in [2.05, 4.69) is 20.6 Å². The molecule has 0 spiro atoms. The van der Waals surface area contributed by atoms with E-state index in [1.54, 1.807) is 19.5 Å². The first-order valence-corrected chi connectivity index (χ1v) is 6.15. The van der Waals surface area contributed by atoms with E-state index in [0.29, 0.717) is 12.4 Å². The summed E-state index contributed by atoms with van der Waals surface area (Å²) in [6.07, 6.45) is 5.92. The highest BCUT2D eigenvalue weighted by molar-refractivity contribution is 5.16. The number of hydrogen-bond donors (Lipinski definition) is 2. The first-order chi connectivity index (χ1) is 8.40. The van der Waals surface area contributed by atoms with E-state index >= 15 is 0 Å². The van der Waals surface area contributed by atoms with Crippen molar-refractivity contribution in [2.45, 2.75) is 19.4 Å². The summed E-state index contributed by atoms with van der Waals surface area (Å²) in [4.78, 5) is 8.39. The van der Waals surface area contributed by atoms with Crippen LogP contribution in [0.4, 0.5) is 0 Å². The van der Waals surface area contributed by atoms with Crippen molar-refractivity contribution < 1.29 is 4.74 Å². The van der Waals surface area contributed by atoms with Gasteiger partial charge in [-0.05, 0) is 38.4 Å². The van der Waals surface area contributed by atoms with Crippen molar-refractivity contribution in [1.29, 1.82) is 0 Å². The van der Waals surface area contributed by atoms with Crippen LogP contribution in [-0.2, 0) is 6.54 Å². The van der Waals surface area contributed by atoms with Crippen LogP contribution in [0.5, 0.6) is 5.88 Å². The molecule has 1 saturated heterocycles. The molecule has 1 aliphatic heterocycles. The van der Waals surface area contributed by atoms with Gasteiger partial charge in [-0.2, -0.15) is 0 Å². The van der Waals surface area contributed by atoms with Gasteiger partial charge in [0.25, 0.3) is 0 Å². The van der Waals surface area contributed by atoms with Crippen LogP contribution >= 0.6 is 0 Å². The van der Waals surface area contributed by atoms with Gasteiger partial charge in [0.05, 0.1) is 7.11 Å². The van der Waals surface area contributed by atoms with Gasteiger partial charge in [0, 0.05) is 18.9 Å². The number of hydrogen-bond acceptors (Lipinski definition) is 5. The van der Waals surface area contributed by atoms with Gasteiger partial charge in [-0.15, -0.1) is 0 Å². The van der Waals surface area contributed by atoms with E-state index in [-0.39, 0.29) is 0 Å². The van der Waals surface area contributed by atoms with Crippen molar-refractivity contribution in [3.8, 4) is 5.88 Å². The van der Waals surface area contributed by atoms with Crippen molar-refractivity contribution >= 4 is 0 Å². The molecule has 0 bridgehead atoms. The highest BCUT2D eigenvalue weighted by atomic mass is 16.5. The highest BCUT2D eigenvalue weighted by Gasteiger charge is 2.12. The fourth-order valence-electron chi connectivity index (χ4n) is 2.14. The van der Waals surface area contributed by atoms with Gasteiger partial charge < -0.3 is 15.4 Å². The summed E-state index contributed by atoms with van der Waals surface area (Å²) in [5.74, 6) is 1.34. The van der Waals surface area contributed by atoms with E-state index in [4.69, 9.17) is 4.74 Å². The van der Waals surface area contributed by atoms with Crippen molar-refractivity contribution in [2.75, 3.05) is 26.7 Å². The topological polar surface area (TPSA) is 59.1 Å². The van der Waals surface area contributed by atoms with Crippen molar-refractivity contribution in [3.05, 3.63) is 18.1 Å². The van der Waals surface area contributed by atoms with E-state index < -0.39 is 0 Å². The minimum Gasteiger partial charge on any atom is -0.480 e. The van der Waals surface area contributed by atoms with Crippen LogP contribution in [0.25, 0.3) is 0 Å². The van der Waals surface area contributed by atoms with Gasteiger partial charge in [-0.25, -0.2) is 4.98 Å². The smallest absolute Gasteiger partial charge is 0.236 e. The average Bonchev–Trinajstić information content (AvgIpc) is 2.40. The second-order valence-electron chi connectivity index (χ2n) is 4.36. The maximum atomic E-state index is 5.16. The lowest BCUT2D eigenvalue weighted by atomic mass is 10.00. The van der Waals surface area contributed by atoms with Crippen LogP contribution in [0.15, 0.2) is 12.4 Å². The average molecular weight is 236 g/mol. The largest absolute Gasteiger partial charge is 0.480 e. The molecule has 1 atom stereocenters. The number of rotatable bonds is 5. The van der Waals surface area contributed by atoms with E-state index in [1.165, 1.54) is 12.8 Å². The number of methoxy groups -OCH3 is 1. The maximum Gasteiger partial charge on any atom is 0.236 e. The van der Waals surface area contributed by atoms with Crippen LogP contribution < -0.4 is 15.4 Å². The predicted octanol–water partition coefficient (Wildman–Crippen LogP) is 0.574. The quantitative estimate of drug-likeness (QED) is 0.783. The Hall–Kier alpha value is -1.20. The van der Waals surface area contributed by atoms with E-state index in [0.717, 1.165) is 31.2 Å². The van der Waals surface area contributed by atoms with Gasteiger partial charge in [0.15, 0.2) is 0 Å². The lowest BCUT2D eigenvalue weighted by molar-refractivity contribution is 0.354. The van der Waals surface area contributed by atoms with E-state index in [9.17, 15) is 0 Å². The lowest BCUT2D eigenvalue weighted by Gasteiger charge is -2.22. The van der Waals surface area contributed by atoms with Gasteiger partial charge >= 0.3 is 0 Å². The summed E-state index contributed by atoms with van der Waals surface area (Å²) in [7, 11) is 1.62. The molecule has 2 heterocycles. The van der Waals surface area contributed by atoms with Gasteiger partial charge in [-0.3, -0.25) is 4.98 Å². The Morgan fingerprint density at radius 2 is 2.35 bits per heavy atom. The van der Waals surface area contributed by atoms with Crippen molar-refractivity contribution in [1.82, 2.24) is 20.6 Å². The fourth-order valence-corrected chi connectivity index (χ4v) is 2.14. The molecule has 2 N–H and O–H groups in total. The molecular weight excluding hydrogens is 216 g/mol. The molecule has 1 aromatic heterocycles. The first kappa shape index (κ1) is 12.3. The molecule has 5 heteroatoms. The van der Waals surface area contributed by atoms with Crippen LogP contribution in [0, 0.1) is 5.92 Å². The third-order valence-electron chi connectivity index (χ3n) is 3.05. The molecule has 5 nitrogen and oxygen atoms in total. The summed E-state index contributed by atoms with van der Waals surface area (Å²) in [6, 6.07) is 0. The highest BCUT2D eigenvalue weighted by Crippen LogP contribution is 2.11. The zero-order valence-corrected chi connectivity index (χ0v) is 10.3. The summed E-state index contributed by atoms with van der Waals surface area (Å²) < 4.78 is 5.16. The Bertz CT molecular complexity index is 339. The Morgan fingerprint density at radius 1 is 1.47 bits per heavy atom. The third kappa shape index (κ3) is 3.64. The summed E-state index contributed by atoms with van der Waals surface area (Å²) in [5.41, 5.74) is 0.874. The molecule has 0 amide bonds. The molecule has 1 fully saturated rings. The van der Waals surface area contributed by atoms with Crippen LogP contribution in [0.3, 0.4) is 0 Å². The molecule has 0 aromatic carbocycles. The standard InChI is InChI=1S/C12H20N4O/c1-17-12-11(15-5-6-16-12)9-14-8-10-3-2-4-13-7-10/h5-6,10,13-14H,2-4,7-9H2,1H3/t10-/m0/s1. The molecule has 0 aliphatic carbocycles. The molecule has 94 valence electrons. The molecule has 0 radical (unpaired) electrons. The number of ether oxygens (including phenoxy) is 1. The molecule has 0 saturated carbocycles. The van der Waals surface area contributed by atoms with E-state index in [1.807, 2.05) is 0 Å². The Kier molecular flexibility index (Phi) is 4.70. The number of nitrogens with zero attached hydrogens (tertiary/aromatic N) is 2. The van der Waals surface area contributed by atoms with Crippen LogP contribution in [-0.4, -0.2) is 36.7 Å². The maximum absolute atomic E-state index is 5.16. The zero-order chi connectivity index (χ0) is 11.9. The Labute approximate surface area is 102 Å².